The van der Waals surface area contributed by atoms with Crippen molar-refractivity contribution in [2.24, 2.45) is 0 Å². The van der Waals surface area contributed by atoms with E-state index in [-0.39, 0.29) is 11.5 Å². The summed E-state index contributed by atoms with van der Waals surface area (Å²) in [7, 11) is -3.95. The molecule has 2 bridgehead atoms. The Morgan fingerprint density at radius 2 is 1.48 bits per heavy atom. The van der Waals surface area contributed by atoms with Gasteiger partial charge in [-0.25, -0.2) is 4.57 Å². The number of ether oxygens (including phenoxy) is 1. The molecule has 5 rings (SSSR count). The highest BCUT2D eigenvalue weighted by atomic mass is 31.2. The number of hydrogen-bond donors (Lipinski definition) is 0. The van der Waals surface area contributed by atoms with Crippen molar-refractivity contribution in [1.82, 2.24) is 0 Å². The maximum atomic E-state index is 12.8. The van der Waals surface area contributed by atoms with Crippen molar-refractivity contribution in [3.8, 4) is 17.2 Å². The van der Waals surface area contributed by atoms with Crippen LogP contribution in [0.15, 0.2) is 72.8 Å². The van der Waals surface area contributed by atoms with Gasteiger partial charge in [0.15, 0.2) is 17.3 Å². The molecule has 7 heteroatoms. The predicted octanol–water partition coefficient (Wildman–Crippen LogP) is 5.84. The van der Waals surface area contributed by atoms with Gasteiger partial charge in [-0.3, -0.25) is 0 Å². The molecule has 0 aromatic heterocycles. The molecular formula is C22H17O6P. The van der Waals surface area contributed by atoms with Crippen LogP contribution in [0.25, 0.3) is 11.3 Å². The quantitative estimate of drug-likeness (QED) is 0.399. The minimum atomic E-state index is -3.95. The third-order valence-corrected chi connectivity index (χ3v) is 5.66. The lowest BCUT2D eigenvalue weighted by molar-refractivity contribution is -0.144. The van der Waals surface area contributed by atoms with Gasteiger partial charge in [-0.15, -0.1) is 0 Å². The first-order chi connectivity index (χ1) is 14.2. The second kappa shape index (κ2) is 6.99. The Bertz CT molecular complexity index is 1100. The van der Waals surface area contributed by atoms with Crippen molar-refractivity contribution in [3.05, 3.63) is 89.5 Å². The number of phosphoric ester groups is 1. The van der Waals surface area contributed by atoms with Crippen LogP contribution >= 0.6 is 7.82 Å². The second-order valence-corrected chi connectivity index (χ2v) is 7.83. The fraction of sp³-hybridized carbons (Fsp3) is 0.0909. The van der Waals surface area contributed by atoms with Gasteiger partial charge in [-0.1, -0.05) is 65.3 Å². The van der Waals surface area contributed by atoms with Crippen LogP contribution in [-0.2, 0) is 14.1 Å². The van der Waals surface area contributed by atoms with Crippen molar-refractivity contribution in [2.75, 3.05) is 6.61 Å². The van der Waals surface area contributed by atoms with Crippen molar-refractivity contribution in [3.63, 3.8) is 0 Å². The first-order valence-electron chi connectivity index (χ1n) is 9.19. The van der Waals surface area contributed by atoms with Gasteiger partial charge in [0, 0.05) is 5.57 Å². The maximum Gasteiger partial charge on any atom is 0.625 e. The molecule has 3 aromatic rings. The molecule has 1 atom stereocenters. The molecule has 1 unspecified atom stereocenters. The van der Waals surface area contributed by atoms with Gasteiger partial charge in [-0.05, 0) is 30.2 Å². The highest BCUT2D eigenvalue weighted by Gasteiger charge is 2.48. The maximum absolute atomic E-state index is 12.8. The van der Waals surface area contributed by atoms with Crippen molar-refractivity contribution < 1.29 is 27.9 Å². The van der Waals surface area contributed by atoms with E-state index in [1.165, 1.54) is 0 Å². The Hall–Kier alpha value is -3.21. The van der Waals surface area contributed by atoms with Crippen LogP contribution in [-0.4, -0.2) is 6.61 Å². The predicted molar refractivity (Wildman–Crippen MR) is 107 cm³/mol. The van der Waals surface area contributed by atoms with E-state index in [0.717, 1.165) is 16.7 Å². The lowest BCUT2D eigenvalue weighted by Crippen LogP contribution is -2.02. The fourth-order valence-corrected chi connectivity index (χ4v) is 4.45. The highest BCUT2D eigenvalue weighted by Crippen LogP contribution is 2.66. The zero-order valence-electron chi connectivity index (χ0n) is 15.5. The Labute approximate surface area is 167 Å². The van der Waals surface area contributed by atoms with Crippen LogP contribution in [0.2, 0.25) is 0 Å². The molecule has 3 aromatic carbocycles. The van der Waals surface area contributed by atoms with Crippen LogP contribution in [0.5, 0.6) is 17.2 Å². The van der Waals surface area contributed by atoms with Crippen molar-refractivity contribution >= 4 is 19.2 Å². The number of fused-ring (bicyclic) bond motifs is 1. The highest BCUT2D eigenvalue weighted by molar-refractivity contribution is 7.49. The Morgan fingerprint density at radius 1 is 0.862 bits per heavy atom. The van der Waals surface area contributed by atoms with Gasteiger partial charge >= 0.3 is 7.82 Å². The molecule has 0 spiro atoms. The second-order valence-electron chi connectivity index (χ2n) is 6.43. The largest absolute Gasteiger partial charge is 0.625 e. The molecule has 29 heavy (non-hydrogen) atoms. The first-order valence-corrected chi connectivity index (χ1v) is 10.7. The van der Waals surface area contributed by atoms with Gasteiger partial charge in [0.25, 0.3) is 0 Å². The van der Waals surface area contributed by atoms with Gasteiger partial charge < -0.3 is 18.7 Å². The molecule has 0 fully saturated rings. The average molecular weight is 408 g/mol. The summed E-state index contributed by atoms with van der Waals surface area (Å²) in [6, 6.07) is 23.1. The number of phosphoric acid groups is 1. The molecule has 0 N–H and O–H groups in total. The zero-order chi connectivity index (χ0) is 19.8. The molecule has 0 aliphatic carbocycles. The van der Waals surface area contributed by atoms with Crippen LogP contribution in [0.4, 0.5) is 0 Å². The lowest BCUT2D eigenvalue weighted by atomic mass is 9.94. The molecule has 0 saturated heterocycles. The standard InChI is InChI=1S/C22H17O6P/c1-2-24-18-14-13-17-20(25-28-29(23)26-21(17)22(18)27-29)19(15-9-5-3-6-10-15)16-11-7-4-8-12-16/h3-14H,2H2,1H3. The van der Waals surface area contributed by atoms with E-state index in [1.54, 1.807) is 12.1 Å². The number of hydrogen-bond acceptors (Lipinski definition) is 6. The number of rotatable bonds is 4. The molecular weight excluding hydrogens is 391 g/mol. The SMILES string of the molecule is CCOc1ccc2c3c1OP(=O)(OOC2=C(c1ccccc1)c1ccccc1)O3. The van der Waals surface area contributed by atoms with E-state index >= 15 is 0 Å². The summed E-state index contributed by atoms with van der Waals surface area (Å²) >= 11 is 0. The molecule has 0 radical (unpaired) electrons. The summed E-state index contributed by atoms with van der Waals surface area (Å²) in [5.74, 6) is 1.38. The molecule has 2 heterocycles. The Balaban J connectivity index is 1.80. The summed E-state index contributed by atoms with van der Waals surface area (Å²) in [6.45, 7) is 2.29. The Morgan fingerprint density at radius 3 is 2.10 bits per heavy atom. The van der Waals surface area contributed by atoms with E-state index < -0.39 is 7.82 Å². The van der Waals surface area contributed by atoms with E-state index in [9.17, 15) is 4.57 Å². The summed E-state index contributed by atoms with van der Waals surface area (Å²) in [6.07, 6.45) is 0. The molecule has 0 amide bonds. The average Bonchev–Trinajstić information content (AvgIpc) is 3.04. The fourth-order valence-electron chi connectivity index (χ4n) is 3.38. The normalized spacial score (nSPS) is 18.9. The smallest absolute Gasteiger partial charge is 0.490 e. The van der Waals surface area contributed by atoms with Crippen LogP contribution in [0.1, 0.15) is 23.6 Å². The van der Waals surface area contributed by atoms with Crippen molar-refractivity contribution in [1.29, 1.82) is 0 Å². The van der Waals surface area contributed by atoms with E-state index in [2.05, 4.69) is 0 Å². The number of benzene rings is 3. The van der Waals surface area contributed by atoms with E-state index in [4.69, 9.17) is 23.3 Å². The van der Waals surface area contributed by atoms with Gasteiger partial charge in [-0.2, -0.15) is 0 Å². The van der Waals surface area contributed by atoms with Crippen LogP contribution < -0.4 is 13.8 Å². The molecule has 0 saturated carbocycles. The first kappa shape index (κ1) is 17.9. The van der Waals surface area contributed by atoms with E-state index in [1.807, 2.05) is 67.6 Å². The summed E-state index contributed by atoms with van der Waals surface area (Å²) < 4.78 is 34.6. The summed E-state index contributed by atoms with van der Waals surface area (Å²) in [5.41, 5.74) is 3.18. The topological polar surface area (TPSA) is 63.2 Å². The zero-order valence-corrected chi connectivity index (χ0v) is 16.4. The molecule has 146 valence electrons. The third-order valence-electron chi connectivity index (χ3n) is 4.59. The third kappa shape index (κ3) is 3.07. The monoisotopic (exact) mass is 408 g/mol. The minimum Gasteiger partial charge on any atom is -0.490 e. The summed E-state index contributed by atoms with van der Waals surface area (Å²) in [5, 5.41) is 0. The summed E-state index contributed by atoms with van der Waals surface area (Å²) in [4.78, 5) is 5.59. The van der Waals surface area contributed by atoms with Crippen molar-refractivity contribution in [2.45, 2.75) is 6.92 Å². The molecule has 2 aliphatic rings. The minimum absolute atomic E-state index is 0.258. The lowest BCUT2D eigenvalue weighted by Gasteiger charge is -2.17. The molecule has 2 aliphatic heterocycles. The van der Waals surface area contributed by atoms with Gasteiger partial charge in [0.05, 0.1) is 12.2 Å². The van der Waals surface area contributed by atoms with Gasteiger partial charge in [0.1, 0.15) is 0 Å². The van der Waals surface area contributed by atoms with Crippen LogP contribution in [0, 0.1) is 0 Å². The van der Waals surface area contributed by atoms with Gasteiger partial charge in [0.2, 0.25) is 5.75 Å². The Kier molecular flexibility index (Phi) is 4.31. The molecule has 6 nitrogen and oxygen atoms in total. The van der Waals surface area contributed by atoms with E-state index in [0.29, 0.717) is 23.7 Å². The van der Waals surface area contributed by atoms with Crippen LogP contribution in [0.3, 0.4) is 0 Å².